The molecule has 160 valence electrons. The molecule has 4 rings (SSSR count). The fourth-order valence-corrected chi connectivity index (χ4v) is 4.62. The van der Waals surface area contributed by atoms with Crippen molar-refractivity contribution in [3.63, 3.8) is 0 Å². The van der Waals surface area contributed by atoms with Gasteiger partial charge in [-0.3, -0.25) is 9.69 Å². The molecule has 0 unspecified atom stereocenters. The summed E-state index contributed by atoms with van der Waals surface area (Å²) in [5, 5.41) is 12.8. The Bertz CT molecular complexity index is 1120. The minimum Gasteiger partial charge on any atom is -0.353 e. The normalized spacial score (nSPS) is 16.4. The summed E-state index contributed by atoms with van der Waals surface area (Å²) >= 11 is 0. The van der Waals surface area contributed by atoms with E-state index in [1.165, 1.54) is 5.69 Å². The zero-order valence-corrected chi connectivity index (χ0v) is 18.4. The molecule has 6 heteroatoms. The quantitative estimate of drug-likeness (QED) is 0.658. The molecule has 1 aliphatic rings. The predicted molar refractivity (Wildman–Crippen MR) is 122 cm³/mol. The molecule has 0 bridgehead atoms. The SMILES string of the molecule is Cc1c(C#N)c(NC(=O)CN2CCC[C@@H]2c2cccn2C)n(Cc2ccccc2)c1C. The molecule has 0 aliphatic carbocycles. The molecule has 31 heavy (non-hydrogen) atoms. The Kier molecular flexibility index (Phi) is 5.97. The number of benzene rings is 1. The fourth-order valence-electron chi connectivity index (χ4n) is 4.62. The van der Waals surface area contributed by atoms with E-state index in [4.69, 9.17) is 0 Å². The van der Waals surface area contributed by atoms with Crippen LogP contribution in [0.3, 0.4) is 0 Å². The molecule has 2 aromatic heterocycles. The summed E-state index contributed by atoms with van der Waals surface area (Å²) < 4.78 is 4.17. The van der Waals surface area contributed by atoms with Gasteiger partial charge >= 0.3 is 0 Å². The van der Waals surface area contributed by atoms with Crippen LogP contribution in [0.4, 0.5) is 5.82 Å². The molecule has 1 atom stereocenters. The summed E-state index contributed by atoms with van der Waals surface area (Å²) in [4.78, 5) is 15.3. The molecule has 1 fully saturated rings. The first kappa shape index (κ1) is 21.0. The summed E-state index contributed by atoms with van der Waals surface area (Å²) in [6, 6.07) is 16.8. The average molecular weight is 416 g/mol. The van der Waals surface area contributed by atoms with Crippen LogP contribution in [0.5, 0.6) is 0 Å². The third-order valence-electron chi connectivity index (χ3n) is 6.42. The Morgan fingerprint density at radius 3 is 2.65 bits per heavy atom. The lowest BCUT2D eigenvalue weighted by Gasteiger charge is -2.24. The summed E-state index contributed by atoms with van der Waals surface area (Å²) in [5.74, 6) is 0.519. The zero-order valence-electron chi connectivity index (χ0n) is 18.4. The van der Waals surface area contributed by atoms with Gasteiger partial charge in [0.1, 0.15) is 11.9 Å². The predicted octanol–water partition coefficient (Wildman–Crippen LogP) is 4.14. The lowest BCUT2D eigenvalue weighted by Crippen LogP contribution is -2.34. The van der Waals surface area contributed by atoms with Crippen molar-refractivity contribution in [1.82, 2.24) is 14.0 Å². The van der Waals surface area contributed by atoms with Gasteiger partial charge in [0.05, 0.1) is 18.2 Å². The van der Waals surface area contributed by atoms with Crippen LogP contribution in [0.1, 0.15) is 47.0 Å². The van der Waals surface area contributed by atoms with Crippen LogP contribution < -0.4 is 5.32 Å². The fraction of sp³-hybridized carbons (Fsp3) is 0.360. The van der Waals surface area contributed by atoms with Gasteiger partial charge in [-0.25, -0.2) is 0 Å². The highest BCUT2D eigenvalue weighted by molar-refractivity contribution is 5.93. The van der Waals surface area contributed by atoms with Gasteiger partial charge in [-0.05, 0) is 56.5 Å². The highest BCUT2D eigenvalue weighted by Crippen LogP contribution is 2.32. The summed E-state index contributed by atoms with van der Waals surface area (Å²) in [5.41, 5.74) is 4.82. The van der Waals surface area contributed by atoms with Crippen molar-refractivity contribution >= 4 is 11.7 Å². The van der Waals surface area contributed by atoms with E-state index >= 15 is 0 Å². The van der Waals surface area contributed by atoms with E-state index in [-0.39, 0.29) is 11.9 Å². The Morgan fingerprint density at radius 1 is 1.19 bits per heavy atom. The van der Waals surface area contributed by atoms with Crippen LogP contribution in [0.2, 0.25) is 0 Å². The molecule has 3 aromatic rings. The van der Waals surface area contributed by atoms with Crippen molar-refractivity contribution < 1.29 is 4.79 Å². The topological polar surface area (TPSA) is 66.0 Å². The number of rotatable bonds is 6. The average Bonchev–Trinajstić information content (AvgIpc) is 3.44. The van der Waals surface area contributed by atoms with E-state index in [1.54, 1.807) is 0 Å². The third kappa shape index (κ3) is 4.14. The first-order valence-corrected chi connectivity index (χ1v) is 10.8. The van der Waals surface area contributed by atoms with Crippen molar-refractivity contribution in [1.29, 1.82) is 5.26 Å². The maximum absolute atomic E-state index is 13.1. The molecule has 1 aliphatic heterocycles. The number of likely N-dealkylation sites (tertiary alicyclic amines) is 1. The van der Waals surface area contributed by atoms with Gasteiger partial charge < -0.3 is 14.5 Å². The Balaban J connectivity index is 1.56. The zero-order chi connectivity index (χ0) is 22.0. The molecule has 0 radical (unpaired) electrons. The van der Waals surface area contributed by atoms with Crippen molar-refractivity contribution in [3.05, 3.63) is 76.7 Å². The van der Waals surface area contributed by atoms with E-state index in [0.29, 0.717) is 24.5 Å². The van der Waals surface area contributed by atoms with Crippen molar-refractivity contribution in [3.8, 4) is 6.07 Å². The number of amides is 1. The van der Waals surface area contributed by atoms with Crippen molar-refractivity contribution in [2.75, 3.05) is 18.4 Å². The van der Waals surface area contributed by atoms with Gasteiger partial charge in [0.2, 0.25) is 5.91 Å². The second-order valence-electron chi connectivity index (χ2n) is 8.34. The second-order valence-corrected chi connectivity index (χ2v) is 8.34. The lowest BCUT2D eigenvalue weighted by atomic mass is 10.1. The molecule has 1 aromatic carbocycles. The van der Waals surface area contributed by atoms with Gasteiger partial charge in [0.15, 0.2) is 0 Å². The molecule has 0 spiro atoms. The Labute approximate surface area is 183 Å². The minimum absolute atomic E-state index is 0.0792. The van der Waals surface area contributed by atoms with Crippen molar-refractivity contribution in [2.24, 2.45) is 7.05 Å². The molecule has 1 amide bonds. The Hall–Kier alpha value is -3.30. The van der Waals surface area contributed by atoms with E-state index in [0.717, 1.165) is 36.2 Å². The molecular weight excluding hydrogens is 386 g/mol. The largest absolute Gasteiger partial charge is 0.353 e. The van der Waals surface area contributed by atoms with Gasteiger partial charge in [0, 0.05) is 31.2 Å². The highest BCUT2D eigenvalue weighted by atomic mass is 16.2. The maximum atomic E-state index is 13.1. The minimum atomic E-state index is -0.0792. The number of carbonyl (C=O) groups is 1. The number of carbonyl (C=O) groups excluding carboxylic acids is 1. The van der Waals surface area contributed by atoms with Crippen LogP contribution >= 0.6 is 0 Å². The number of nitrogens with zero attached hydrogens (tertiary/aromatic N) is 4. The molecule has 1 N–H and O–H groups in total. The van der Waals surface area contributed by atoms with Crippen LogP contribution in [-0.4, -0.2) is 33.0 Å². The van der Waals surface area contributed by atoms with Gasteiger partial charge in [-0.2, -0.15) is 5.26 Å². The molecule has 3 heterocycles. The Morgan fingerprint density at radius 2 is 1.97 bits per heavy atom. The number of anilines is 1. The smallest absolute Gasteiger partial charge is 0.239 e. The third-order valence-corrected chi connectivity index (χ3v) is 6.42. The highest BCUT2D eigenvalue weighted by Gasteiger charge is 2.29. The number of aromatic nitrogens is 2. The first-order chi connectivity index (χ1) is 15.0. The van der Waals surface area contributed by atoms with E-state index in [1.807, 2.05) is 55.9 Å². The van der Waals surface area contributed by atoms with Crippen LogP contribution in [0.25, 0.3) is 0 Å². The number of nitriles is 1. The van der Waals surface area contributed by atoms with Gasteiger partial charge in [-0.15, -0.1) is 0 Å². The van der Waals surface area contributed by atoms with E-state index in [2.05, 4.69) is 39.1 Å². The molecule has 1 saturated heterocycles. The first-order valence-electron chi connectivity index (χ1n) is 10.8. The van der Waals surface area contributed by atoms with Crippen LogP contribution in [0.15, 0.2) is 48.7 Å². The van der Waals surface area contributed by atoms with Crippen LogP contribution in [0, 0.1) is 25.2 Å². The van der Waals surface area contributed by atoms with Gasteiger partial charge in [-0.1, -0.05) is 30.3 Å². The number of nitrogens with one attached hydrogen (secondary N) is 1. The number of hydrogen-bond acceptors (Lipinski definition) is 3. The number of hydrogen-bond donors (Lipinski definition) is 1. The van der Waals surface area contributed by atoms with E-state index < -0.39 is 0 Å². The van der Waals surface area contributed by atoms with E-state index in [9.17, 15) is 10.1 Å². The second kappa shape index (κ2) is 8.83. The monoisotopic (exact) mass is 415 g/mol. The molecular formula is C25H29N5O. The summed E-state index contributed by atoms with van der Waals surface area (Å²) in [6.45, 7) is 5.77. The maximum Gasteiger partial charge on any atom is 0.239 e. The summed E-state index contributed by atoms with van der Waals surface area (Å²) in [6.07, 6.45) is 4.18. The van der Waals surface area contributed by atoms with Crippen LogP contribution in [-0.2, 0) is 18.4 Å². The van der Waals surface area contributed by atoms with Gasteiger partial charge in [0.25, 0.3) is 0 Å². The van der Waals surface area contributed by atoms with Crippen molar-refractivity contribution in [2.45, 2.75) is 39.3 Å². The molecule has 6 nitrogen and oxygen atoms in total. The summed E-state index contributed by atoms with van der Waals surface area (Å²) in [7, 11) is 2.05. The standard InChI is InChI=1S/C25H29N5O/c1-18-19(2)30(16-20-9-5-4-6-10-20)25(21(18)15-26)27-24(31)17-29-14-8-12-23(29)22-11-7-13-28(22)3/h4-7,9-11,13,23H,8,12,14,16-17H2,1-3H3,(H,27,31)/t23-/m1/s1. The number of aryl methyl sites for hydroxylation is 1. The lowest BCUT2D eigenvalue weighted by molar-refractivity contribution is -0.117. The molecule has 0 saturated carbocycles.